The van der Waals surface area contributed by atoms with Crippen molar-refractivity contribution in [3.8, 4) is 6.07 Å². The van der Waals surface area contributed by atoms with Crippen LogP contribution in [0.4, 0.5) is 21.8 Å². The first-order valence-corrected chi connectivity index (χ1v) is 9.45. The normalized spacial score (nSPS) is 16.4. The molecule has 1 atom stereocenters. The predicted octanol–water partition coefficient (Wildman–Crippen LogP) is 3.37. The monoisotopic (exact) mass is 368 g/mol. The van der Waals surface area contributed by atoms with Crippen LogP contribution in [0.2, 0.25) is 0 Å². The van der Waals surface area contributed by atoms with E-state index in [1.54, 1.807) is 6.07 Å². The van der Waals surface area contributed by atoms with Gasteiger partial charge in [-0.1, -0.05) is 20.3 Å². The van der Waals surface area contributed by atoms with E-state index in [0.29, 0.717) is 17.7 Å². The highest BCUT2D eigenvalue weighted by Crippen LogP contribution is 2.23. The summed E-state index contributed by atoms with van der Waals surface area (Å²) in [5.74, 6) is 0.841. The molecule has 1 unspecified atom stereocenters. The molecule has 1 aromatic heterocycles. The molecule has 0 radical (unpaired) electrons. The van der Waals surface area contributed by atoms with E-state index >= 15 is 0 Å². The molecule has 0 aliphatic carbocycles. The van der Waals surface area contributed by atoms with Crippen LogP contribution in [-0.2, 0) is 6.42 Å². The second kappa shape index (κ2) is 8.78. The first kappa shape index (κ1) is 19.1. The number of rotatable bonds is 7. The topological polar surface area (TPSA) is 76.9 Å². The third-order valence-corrected chi connectivity index (χ3v) is 4.62. The summed E-state index contributed by atoms with van der Waals surface area (Å²) in [6, 6.07) is 8.72. The summed E-state index contributed by atoms with van der Waals surface area (Å²) < 4.78 is 13.5. The molecule has 7 heteroatoms. The molecule has 1 aromatic carbocycles. The first-order chi connectivity index (χ1) is 13.1. The van der Waals surface area contributed by atoms with Crippen LogP contribution in [0.1, 0.15) is 37.9 Å². The smallest absolute Gasteiger partial charge is 0.229 e. The number of nitrogens with zero attached hydrogens (tertiary/aromatic N) is 4. The van der Waals surface area contributed by atoms with Gasteiger partial charge in [0.2, 0.25) is 5.95 Å². The summed E-state index contributed by atoms with van der Waals surface area (Å²) in [6.07, 6.45) is 2.94. The van der Waals surface area contributed by atoms with E-state index < -0.39 is 5.82 Å². The van der Waals surface area contributed by atoms with E-state index in [1.807, 2.05) is 12.1 Å². The van der Waals surface area contributed by atoms with Crippen LogP contribution >= 0.6 is 0 Å². The number of likely N-dealkylation sites (N-methyl/N-ethyl adjacent to an activating group) is 1. The van der Waals surface area contributed by atoms with Gasteiger partial charge < -0.3 is 15.5 Å². The van der Waals surface area contributed by atoms with Crippen molar-refractivity contribution in [2.24, 2.45) is 0 Å². The number of halogens is 1. The molecule has 1 aliphatic heterocycles. The highest BCUT2D eigenvalue weighted by molar-refractivity contribution is 5.58. The van der Waals surface area contributed by atoms with Gasteiger partial charge in [0, 0.05) is 36.6 Å². The fraction of sp³-hybridized carbons (Fsp3) is 0.450. The highest BCUT2D eigenvalue weighted by Gasteiger charge is 2.23. The van der Waals surface area contributed by atoms with Gasteiger partial charge in [-0.25, -0.2) is 9.37 Å². The fourth-order valence-electron chi connectivity index (χ4n) is 3.33. The van der Waals surface area contributed by atoms with Crippen molar-refractivity contribution in [3.63, 3.8) is 0 Å². The largest absolute Gasteiger partial charge is 0.355 e. The standard InChI is InChI=1S/C20H25FN6/c1-3-5-15-11-19(27-9-8-17(13-27)23-4-2)26-20(24-15)25-16-6-7-18(21)14(10-16)12-22/h6-7,10-11,17,23H,3-5,8-9,13H2,1-2H3,(H,24,25,26). The van der Waals surface area contributed by atoms with Gasteiger partial charge >= 0.3 is 0 Å². The van der Waals surface area contributed by atoms with Gasteiger partial charge in [-0.3, -0.25) is 0 Å². The molecule has 0 amide bonds. The Kier molecular flexibility index (Phi) is 6.20. The zero-order valence-electron chi connectivity index (χ0n) is 15.8. The van der Waals surface area contributed by atoms with E-state index in [2.05, 4.69) is 39.3 Å². The van der Waals surface area contributed by atoms with Crippen molar-refractivity contribution in [3.05, 3.63) is 41.3 Å². The number of hydrogen-bond acceptors (Lipinski definition) is 6. The summed E-state index contributed by atoms with van der Waals surface area (Å²) >= 11 is 0. The minimum absolute atomic E-state index is 0.00189. The van der Waals surface area contributed by atoms with Crippen LogP contribution < -0.4 is 15.5 Å². The van der Waals surface area contributed by atoms with Gasteiger partial charge in [-0.05, 0) is 37.6 Å². The molecule has 1 aliphatic rings. The molecule has 1 fully saturated rings. The van der Waals surface area contributed by atoms with Crippen molar-refractivity contribution in [2.45, 2.75) is 39.2 Å². The van der Waals surface area contributed by atoms with Crippen LogP contribution in [0.5, 0.6) is 0 Å². The number of anilines is 3. The van der Waals surface area contributed by atoms with Crippen molar-refractivity contribution in [2.75, 3.05) is 29.9 Å². The Morgan fingerprint density at radius 1 is 1.30 bits per heavy atom. The van der Waals surface area contributed by atoms with Crippen molar-refractivity contribution in [1.29, 1.82) is 5.26 Å². The van der Waals surface area contributed by atoms with Crippen molar-refractivity contribution >= 4 is 17.5 Å². The lowest BCUT2D eigenvalue weighted by atomic mass is 10.2. The number of aromatic nitrogens is 2. The Balaban J connectivity index is 1.85. The number of nitriles is 1. The maximum atomic E-state index is 13.5. The average Bonchev–Trinajstić information content (AvgIpc) is 3.12. The van der Waals surface area contributed by atoms with Gasteiger partial charge in [0.25, 0.3) is 0 Å². The van der Waals surface area contributed by atoms with Crippen molar-refractivity contribution < 1.29 is 4.39 Å². The van der Waals surface area contributed by atoms with Gasteiger partial charge in [0.15, 0.2) is 0 Å². The number of hydrogen-bond donors (Lipinski definition) is 2. The van der Waals surface area contributed by atoms with Crippen LogP contribution in [0.15, 0.2) is 24.3 Å². The fourth-order valence-corrected chi connectivity index (χ4v) is 3.33. The maximum Gasteiger partial charge on any atom is 0.229 e. The molecule has 2 N–H and O–H groups in total. The summed E-state index contributed by atoms with van der Waals surface area (Å²) in [4.78, 5) is 11.5. The molecule has 2 heterocycles. The number of benzene rings is 1. The number of aryl methyl sites for hydroxylation is 1. The van der Waals surface area contributed by atoms with E-state index in [4.69, 9.17) is 5.26 Å². The second-order valence-corrected chi connectivity index (χ2v) is 6.71. The van der Waals surface area contributed by atoms with E-state index in [-0.39, 0.29) is 5.56 Å². The molecule has 0 saturated carbocycles. The lowest BCUT2D eigenvalue weighted by molar-refractivity contribution is 0.571. The minimum Gasteiger partial charge on any atom is -0.355 e. The Bertz CT molecular complexity index is 832. The third-order valence-electron chi connectivity index (χ3n) is 4.62. The Morgan fingerprint density at radius 3 is 2.89 bits per heavy atom. The molecule has 27 heavy (non-hydrogen) atoms. The van der Waals surface area contributed by atoms with Gasteiger partial charge in [0.05, 0.1) is 5.56 Å². The molecule has 0 spiro atoms. The average molecular weight is 368 g/mol. The third kappa shape index (κ3) is 4.72. The summed E-state index contributed by atoms with van der Waals surface area (Å²) in [7, 11) is 0. The van der Waals surface area contributed by atoms with E-state index in [0.717, 1.165) is 50.4 Å². The van der Waals surface area contributed by atoms with Gasteiger partial charge in [-0.2, -0.15) is 10.2 Å². The van der Waals surface area contributed by atoms with Crippen LogP contribution in [0.25, 0.3) is 0 Å². The molecule has 142 valence electrons. The summed E-state index contributed by atoms with van der Waals surface area (Å²) in [5, 5.41) is 15.6. The number of nitrogens with one attached hydrogen (secondary N) is 2. The van der Waals surface area contributed by atoms with Gasteiger partial charge in [0.1, 0.15) is 17.7 Å². The quantitative estimate of drug-likeness (QED) is 0.780. The summed E-state index contributed by atoms with van der Waals surface area (Å²) in [6.45, 7) is 7.07. The molecule has 1 saturated heterocycles. The molecule has 6 nitrogen and oxygen atoms in total. The van der Waals surface area contributed by atoms with Gasteiger partial charge in [-0.15, -0.1) is 0 Å². The molecular weight excluding hydrogens is 343 g/mol. The minimum atomic E-state index is -0.532. The first-order valence-electron chi connectivity index (χ1n) is 9.45. The lowest BCUT2D eigenvalue weighted by Crippen LogP contribution is -2.32. The Hall–Kier alpha value is -2.72. The highest BCUT2D eigenvalue weighted by atomic mass is 19.1. The SMILES string of the molecule is CCCc1cc(N2CCC(NCC)C2)nc(Nc2ccc(F)c(C#N)c2)n1. The zero-order valence-corrected chi connectivity index (χ0v) is 15.8. The molecule has 3 rings (SSSR count). The predicted molar refractivity (Wildman–Crippen MR) is 105 cm³/mol. The Morgan fingerprint density at radius 2 is 2.15 bits per heavy atom. The lowest BCUT2D eigenvalue weighted by Gasteiger charge is -2.19. The maximum absolute atomic E-state index is 13.5. The van der Waals surface area contributed by atoms with E-state index in [9.17, 15) is 4.39 Å². The van der Waals surface area contributed by atoms with Crippen LogP contribution in [0.3, 0.4) is 0 Å². The second-order valence-electron chi connectivity index (χ2n) is 6.71. The zero-order chi connectivity index (χ0) is 19.2. The molecule has 2 aromatic rings. The molecule has 0 bridgehead atoms. The van der Waals surface area contributed by atoms with Crippen LogP contribution in [-0.4, -0.2) is 35.6 Å². The van der Waals surface area contributed by atoms with E-state index in [1.165, 1.54) is 12.1 Å². The van der Waals surface area contributed by atoms with Crippen LogP contribution in [0, 0.1) is 17.1 Å². The summed E-state index contributed by atoms with van der Waals surface area (Å²) in [5.41, 5.74) is 1.57. The Labute approximate surface area is 159 Å². The van der Waals surface area contributed by atoms with Crippen molar-refractivity contribution in [1.82, 2.24) is 15.3 Å². The molecular formula is C20H25FN6.